The van der Waals surface area contributed by atoms with Gasteiger partial charge in [-0.2, -0.15) is 0 Å². The van der Waals surface area contributed by atoms with Crippen molar-refractivity contribution in [2.24, 2.45) is 0 Å². The maximum Gasteiger partial charge on any atom is 0.322 e. The van der Waals surface area contributed by atoms with Crippen LogP contribution in [0.4, 0.5) is 0 Å². The van der Waals surface area contributed by atoms with Crippen LogP contribution >= 0.6 is 0 Å². The number of rotatable bonds is 4. The van der Waals surface area contributed by atoms with Crippen molar-refractivity contribution >= 4 is 11.9 Å². The fourth-order valence-corrected chi connectivity index (χ4v) is 2.44. The molecule has 6 nitrogen and oxygen atoms in total. The van der Waals surface area contributed by atoms with Gasteiger partial charge in [-0.25, -0.2) is 0 Å². The fourth-order valence-electron chi connectivity index (χ4n) is 2.44. The van der Waals surface area contributed by atoms with E-state index in [9.17, 15) is 9.59 Å². The monoisotopic (exact) mass is 241 g/mol. The molecule has 2 aliphatic heterocycles. The third kappa shape index (κ3) is 3.17. The number of carboxylic acid groups (broad SMARTS) is 1. The van der Waals surface area contributed by atoms with E-state index in [1.165, 1.54) is 12.8 Å². The van der Waals surface area contributed by atoms with E-state index in [-0.39, 0.29) is 19.0 Å². The van der Waals surface area contributed by atoms with E-state index < -0.39 is 12.0 Å². The van der Waals surface area contributed by atoms with Crippen molar-refractivity contribution in [1.82, 2.24) is 15.1 Å². The standard InChI is InChI=1S/C11H19N3O3/c15-10-8-14(9(7-12-10)11(16)17)6-5-13-3-1-2-4-13/h9H,1-8H2,(H,12,15)(H,16,17). The zero-order valence-corrected chi connectivity index (χ0v) is 9.89. The lowest BCUT2D eigenvalue weighted by atomic mass is 10.2. The largest absolute Gasteiger partial charge is 0.480 e. The lowest BCUT2D eigenvalue weighted by Crippen LogP contribution is -2.58. The van der Waals surface area contributed by atoms with Crippen molar-refractivity contribution in [2.45, 2.75) is 18.9 Å². The van der Waals surface area contributed by atoms with E-state index in [1.54, 1.807) is 4.90 Å². The molecule has 0 spiro atoms. The number of aliphatic carboxylic acids is 1. The predicted octanol–water partition coefficient (Wildman–Crippen LogP) is -1.03. The van der Waals surface area contributed by atoms with Gasteiger partial charge in [-0.05, 0) is 25.9 Å². The second kappa shape index (κ2) is 5.46. The average Bonchev–Trinajstić information content (AvgIpc) is 2.78. The Kier molecular flexibility index (Phi) is 3.96. The van der Waals surface area contributed by atoms with Gasteiger partial charge in [0.2, 0.25) is 5.91 Å². The summed E-state index contributed by atoms with van der Waals surface area (Å²) in [5.74, 6) is -0.935. The van der Waals surface area contributed by atoms with Gasteiger partial charge in [0.1, 0.15) is 6.04 Å². The molecule has 2 aliphatic rings. The predicted molar refractivity (Wildman–Crippen MR) is 61.7 cm³/mol. The first kappa shape index (κ1) is 12.3. The van der Waals surface area contributed by atoms with Crippen LogP contribution in [0, 0.1) is 0 Å². The van der Waals surface area contributed by atoms with E-state index in [0.29, 0.717) is 6.54 Å². The molecule has 2 fully saturated rings. The van der Waals surface area contributed by atoms with Crippen LogP contribution in [0.3, 0.4) is 0 Å². The van der Waals surface area contributed by atoms with Gasteiger partial charge in [-0.15, -0.1) is 0 Å². The van der Waals surface area contributed by atoms with Crippen molar-refractivity contribution in [3.8, 4) is 0 Å². The number of nitrogens with zero attached hydrogens (tertiary/aromatic N) is 2. The van der Waals surface area contributed by atoms with Crippen LogP contribution in [0.5, 0.6) is 0 Å². The summed E-state index contributed by atoms with van der Waals surface area (Å²) < 4.78 is 0. The van der Waals surface area contributed by atoms with Gasteiger partial charge < -0.3 is 15.3 Å². The zero-order chi connectivity index (χ0) is 12.3. The van der Waals surface area contributed by atoms with Gasteiger partial charge in [-0.1, -0.05) is 0 Å². The van der Waals surface area contributed by atoms with Crippen molar-refractivity contribution in [3.05, 3.63) is 0 Å². The Morgan fingerprint density at radius 3 is 2.71 bits per heavy atom. The maximum absolute atomic E-state index is 11.3. The highest BCUT2D eigenvalue weighted by molar-refractivity contribution is 5.83. The van der Waals surface area contributed by atoms with Crippen molar-refractivity contribution in [2.75, 3.05) is 39.3 Å². The molecule has 0 aliphatic carbocycles. The molecular formula is C11H19N3O3. The summed E-state index contributed by atoms with van der Waals surface area (Å²) in [6.45, 7) is 4.12. The maximum atomic E-state index is 11.3. The Hall–Kier alpha value is -1.14. The topological polar surface area (TPSA) is 72.9 Å². The first-order valence-corrected chi connectivity index (χ1v) is 6.13. The number of carbonyl (C=O) groups is 2. The van der Waals surface area contributed by atoms with Crippen LogP contribution < -0.4 is 5.32 Å². The molecule has 2 rings (SSSR count). The van der Waals surface area contributed by atoms with Crippen LogP contribution in [0.1, 0.15) is 12.8 Å². The van der Waals surface area contributed by atoms with E-state index in [2.05, 4.69) is 10.2 Å². The molecule has 0 radical (unpaired) electrons. The van der Waals surface area contributed by atoms with Crippen LogP contribution in [-0.4, -0.2) is 72.1 Å². The average molecular weight is 241 g/mol. The van der Waals surface area contributed by atoms with E-state index >= 15 is 0 Å². The molecule has 2 N–H and O–H groups in total. The Labute approximate surface area is 101 Å². The number of piperazine rings is 1. The first-order chi connectivity index (χ1) is 8.16. The molecule has 96 valence electrons. The third-order valence-electron chi connectivity index (χ3n) is 3.47. The minimum atomic E-state index is -0.855. The normalized spacial score (nSPS) is 27.1. The van der Waals surface area contributed by atoms with E-state index in [4.69, 9.17) is 5.11 Å². The van der Waals surface area contributed by atoms with Crippen LogP contribution in [-0.2, 0) is 9.59 Å². The number of nitrogens with one attached hydrogen (secondary N) is 1. The molecule has 17 heavy (non-hydrogen) atoms. The summed E-state index contributed by atoms with van der Waals surface area (Å²) in [6.07, 6.45) is 2.45. The molecular weight excluding hydrogens is 222 g/mol. The minimum Gasteiger partial charge on any atom is -0.480 e. The fraction of sp³-hybridized carbons (Fsp3) is 0.818. The first-order valence-electron chi connectivity index (χ1n) is 6.13. The lowest BCUT2D eigenvalue weighted by Gasteiger charge is -2.33. The van der Waals surface area contributed by atoms with Gasteiger partial charge in [0.15, 0.2) is 0 Å². The Bertz CT molecular complexity index is 302. The van der Waals surface area contributed by atoms with Crippen molar-refractivity contribution in [3.63, 3.8) is 0 Å². The summed E-state index contributed by atoms with van der Waals surface area (Å²) in [5, 5.41) is 11.7. The van der Waals surface area contributed by atoms with Crippen LogP contribution in [0.15, 0.2) is 0 Å². The smallest absolute Gasteiger partial charge is 0.322 e. The highest BCUT2D eigenvalue weighted by Crippen LogP contribution is 2.09. The van der Waals surface area contributed by atoms with Crippen molar-refractivity contribution < 1.29 is 14.7 Å². The quantitative estimate of drug-likeness (QED) is 0.658. The highest BCUT2D eigenvalue weighted by Gasteiger charge is 2.31. The molecule has 0 aromatic carbocycles. The molecule has 0 aromatic heterocycles. The molecule has 1 atom stereocenters. The summed E-state index contributed by atoms with van der Waals surface area (Å²) in [5.41, 5.74) is 0. The van der Waals surface area contributed by atoms with Gasteiger partial charge in [0, 0.05) is 19.6 Å². The van der Waals surface area contributed by atoms with Gasteiger partial charge in [0.05, 0.1) is 6.54 Å². The van der Waals surface area contributed by atoms with E-state index in [1.807, 2.05) is 0 Å². The lowest BCUT2D eigenvalue weighted by molar-refractivity contribution is -0.146. The van der Waals surface area contributed by atoms with Gasteiger partial charge in [0.25, 0.3) is 0 Å². The number of amides is 1. The number of hydrogen-bond donors (Lipinski definition) is 2. The molecule has 1 unspecified atom stereocenters. The molecule has 6 heteroatoms. The number of carbonyl (C=O) groups excluding carboxylic acids is 1. The second-order valence-corrected chi connectivity index (χ2v) is 4.68. The minimum absolute atomic E-state index is 0.0797. The summed E-state index contributed by atoms with van der Waals surface area (Å²) >= 11 is 0. The zero-order valence-electron chi connectivity index (χ0n) is 9.89. The number of hydrogen-bond acceptors (Lipinski definition) is 4. The summed E-state index contributed by atoms with van der Waals surface area (Å²) in [6, 6.07) is -0.574. The Morgan fingerprint density at radius 1 is 1.35 bits per heavy atom. The molecule has 2 saturated heterocycles. The molecule has 2 heterocycles. The van der Waals surface area contributed by atoms with Crippen LogP contribution in [0.25, 0.3) is 0 Å². The molecule has 0 saturated carbocycles. The van der Waals surface area contributed by atoms with Crippen molar-refractivity contribution in [1.29, 1.82) is 0 Å². The van der Waals surface area contributed by atoms with Gasteiger partial charge >= 0.3 is 5.97 Å². The second-order valence-electron chi connectivity index (χ2n) is 4.68. The number of likely N-dealkylation sites (tertiary alicyclic amines) is 1. The summed E-state index contributed by atoms with van der Waals surface area (Å²) in [7, 11) is 0. The Balaban J connectivity index is 1.85. The highest BCUT2D eigenvalue weighted by atomic mass is 16.4. The molecule has 1 amide bonds. The molecule has 0 aromatic rings. The number of carboxylic acids is 1. The van der Waals surface area contributed by atoms with Crippen LogP contribution in [0.2, 0.25) is 0 Å². The third-order valence-corrected chi connectivity index (χ3v) is 3.47. The molecule has 0 bridgehead atoms. The SMILES string of the molecule is O=C1CN(CCN2CCCC2)C(C(=O)O)CN1. The summed E-state index contributed by atoms with van der Waals surface area (Å²) in [4.78, 5) is 26.4. The van der Waals surface area contributed by atoms with E-state index in [0.717, 1.165) is 19.6 Å². The Morgan fingerprint density at radius 2 is 2.06 bits per heavy atom. The van der Waals surface area contributed by atoms with Gasteiger partial charge in [-0.3, -0.25) is 14.5 Å².